The second-order valence-electron chi connectivity index (χ2n) is 4.70. The van der Waals surface area contributed by atoms with Gasteiger partial charge in [0.25, 0.3) is 0 Å². The number of pyridine rings is 1. The number of hydrazone groups is 1. The van der Waals surface area contributed by atoms with Crippen molar-refractivity contribution in [3.8, 4) is 0 Å². The Morgan fingerprint density at radius 2 is 1.77 bits per heavy atom. The Morgan fingerprint density at radius 3 is 2.55 bits per heavy atom. The van der Waals surface area contributed by atoms with Gasteiger partial charge in [-0.2, -0.15) is 5.10 Å². The van der Waals surface area contributed by atoms with E-state index in [2.05, 4.69) is 15.5 Å². The van der Waals surface area contributed by atoms with Crippen molar-refractivity contribution in [1.29, 1.82) is 0 Å². The summed E-state index contributed by atoms with van der Waals surface area (Å²) in [4.78, 5) is 4.36. The van der Waals surface area contributed by atoms with Crippen LogP contribution in [0.5, 0.6) is 0 Å². The van der Waals surface area contributed by atoms with Crippen LogP contribution in [0.1, 0.15) is 12.5 Å². The molecule has 0 bridgehead atoms. The molecule has 1 aromatic heterocycles. The molecule has 0 amide bonds. The SMILES string of the molecule is C/C(=N\Nc1cccc2cccnc12)c1ccc(F)cc1.Cl. The Bertz CT molecular complexity index is 795. The minimum atomic E-state index is -0.252. The Balaban J connectivity index is 0.00000176. The molecular formula is C17H15ClFN3. The maximum atomic E-state index is 12.9. The van der Waals surface area contributed by atoms with Crippen LogP contribution < -0.4 is 5.43 Å². The van der Waals surface area contributed by atoms with Gasteiger partial charge in [0.2, 0.25) is 0 Å². The molecule has 3 rings (SSSR count). The van der Waals surface area contributed by atoms with Crippen molar-refractivity contribution in [1.82, 2.24) is 4.98 Å². The van der Waals surface area contributed by atoms with Crippen LogP contribution in [0.2, 0.25) is 0 Å². The summed E-state index contributed by atoms with van der Waals surface area (Å²) in [6, 6.07) is 16.1. The summed E-state index contributed by atoms with van der Waals surface area (Å²) in [5.74, 6) is -0.252. The number of hydrogen-bond donors (Lipinski definition) is 1. The first kappa shape index (κ1) is 15.9. The molecule has 5 heteroatoms. The van der Waals surface area contributed by atoms with Crippen molar-refractivity contribution in [2.75, 3.05) is 5.43 Å². The second kappa shape index (κ2) is 7.00. The average Bonchev–Trinajstić information content (AvgIpc) is 2.53. The molecule has 0 unspecified atom stereocenters. The molecule has 0 aliphatic heterocycles. The van der Waals surface area contributed by atoms with Gasteiger partial charge >= 0.3 is 0 Å². The molecular weight excluding hydrogens is 301 g/mol. The summed E-state index contributed by atoms with van der Waals surface area (Å²) in [7, 11) is 0. The number of rotatable bonds is 3. The van der Waals surface area contributed by atoms with Gasteiger partial charge in [-0.15, -0.1) is 12.4 Å². The fourth-order valence-corrected chi connectivity index (χ4v) is 2.09. The minimum absolute atomic E-state index is 0. The Labute approximate surface area is 134 Å². The Hall–Kier alpha value is -2.46. The number of fused-ring (bicyclic) bond motifs is 1. The zero-order chi connectivity index (χ0) is 14.7. The zero-order valence-corrected chi connectivity index (χ0v) is 12.8. The van der Waals surface area contributed by atoms with Gasteiger partial charge in [0.1, 0.15) is 5.82 Å². The maximum Gasteiger partial charge on any atom is 0.123 e. The molecule has 3 aromatic rings. The fourth-order valence-electron chi connectivity index (χ4n) is 2.09. The number of halogens is 2. The summed E-state index contributed by atoms with van der Waals surface area (Å²) in [6.45, 7) is 1.87. The molecule has 0 aliphatic carbocycles. The van der Waals surface area contributed by atoms with Crippen LogP contribution in [-0.4, -0.2) is 10.7 Å². The summed E-state index contributed by atoms with van der Waals surface area (Å²) < 4.78 is 12.9. The molecule has 1 heterocycles. The third-order valence-electron chi connectivity index (χ3n) is 3.24. The summed E-state index contributed by atoms with van der Waals surface area (Å²) >= 11 is 0. The normalized spacial score (nSPS) is 11.1. The number of anilines is 1. The largest absolute Gasteiger partial charge is 0.276 e. The van der Waals surface area contributed by atoms with E-state index in [-0.39, 0.29) is 18.2 Å². The Kier molecular flexibility index (Phi) is 5.07. The maximum absolute atomic E-state index is 12.9. The molecule has 2 aromatic carbocycles. The van der Waals surface area contributed by atoms with Gasteiger partial charge in [-0.05, 0) is 36.8 Å². The standard InChI is InChI=1S/C17H14FN3.ClH/c1-12(13-7-9-15(18)10-8-13)20-21-16-6-2-4-14-5-3-11-19-17(14)16;/h2-11,21H,1H3;1H/b20-12+;. The molecule has 0 saturated carbocycles. The lowest BCUT2D eigenvalue weighted by Crippen LogP contribution is -2.00. The predicted octanol–water partition coefficient (Wildman–Crippen LogP) is 4.63. The number of aromatic nitrogens is 1. The van der Waals surface area contributed by atoms with E-state index in [1.165, 1.54) is 12.1 Å². The van der Waals surface area contributed by atoms with Crippen molar-refractivity contribution >= 4 is 34.7 Å². The molecule has 112 valence electrons. The summed E-state index contributed by atoms with van der Waals surface area (Å²) in [5.41, 5.74) is 6.40. The van der Waals surface area contributed by atoms with Gasteiger partial charge in [0, 0.05) is 11.6 Å². The van der Waals surface area contributed by atoms with Crippen LogP contribution in [0, 0.1) is 5.82 Å². The smallest absolute Gasteiger partial charge is 0.123 e. The molecule has 1 N–H and O–H groups in total. The van der Waals surface area contributed by atoms with E-state index < -0.39 is 0 Å². The number of benzene rings is 2. The number of nitrogens with one attached hydrogen (secondary N) is 1. The third kappa shape index (κ3) is 3.40. The van der Waals surface area contributed by atoms with Crippen molar-refractivity contribution in [2.45, 2.75) is 6.92 Å². The van der Waals surface area contributed by atoms with Crippen LogP contribution in [0.25, 0.3) is 10.9 Å². The number of hydrogen-bond acceptors (Lipinski definition) is 3. The summed E-state index contributed by atoms with van der Waals surface area (Å²) in [5, 5.41) is 5.40. The van der Waals surface area contributed by atoms with E-state index >= 15 is 0 Å². The number of para-hydroxylation sites is 1. The van der Waals surface area contributed by atoms with Crippen molar-refractivity contribution in [3.63, 3.8) is 0 Å². The predicted molar refractivity (Wildman–Crippen MR) is 91.2 cm³/mol. The van der Waals surface area contributed by atoms with Crippen LogP contribution in [-0.2, 0) is 0 Å². The highest BCUT2D eigenvalue weighted by Crippen LogP contribution is 2.20. The van der Waals surface area contributed by atoms with E-state index in [0.29, 0.717) is 0 Å². The molecule has 3 nitrogen and oxygen atoms in total. The van der Waals surface area contributed by atoms with Gasteiger partial charge in [-0.3, -0.25) is 10.4 Å². The van der Waals surface area contributed by atoms with Gasteiger partial charge < -0.3 is 0 Å². The van der Waals surface area contributed by atoms with Crippen molar-refractivity contribution in [2.24, 2.45) is 5.10 Å². The van der Waals surface area contributed by atoms with Crippen LogP contribution in [0.15, 0.2) is 65.9 Å². The highest BCUT2D eigenvalue weighted by Gasteiger charge is 2.01. The van der Waals surface area contributed by atoms with Crippen LogP contribution >= 0.6 is 12.4 Å². The van der Waals surface area contributed by atoms with Crippen LogP contribution in [0.4, 0.5) is 10.1 Å². The van der Waals surface area contributed by atoms with E-state index in [1.54, 1.807) is 18.3 Å². The van der Waals surface area contributed by atoms with Gasteiger partial charge in [-0.25, -0.2) is 4.39 Å². The molecule has 0 aliphatic rings. The summed E-state index contributed by atoms with van der Waals surface area (Å²) in [6.07, 6.45) is 1.75. The lowest BCUT2D eigenvalue weighted by molar-refractivity contribution is 0.628. The first-order chi connectivity index (χ1) is 10.2. The quantitative estimate of drug-likeness (QED) is 0.565. The first-order valence-corrected chi connectivity index (χ1v) is 6.64. The lowest BCUT2D eigenvalue weighted by Gasteiger charge is -2.06. The lowest BCUT2D eigenvalue weighted by atomic mass is 10.1. The molecule has 22 heavy (non-hydrogen) atoms. The third-order valence-corrected chi connectivity index (χ3v) is 3.24. The van der Waals surface area contributed by atoms with E-state index in [4.69, 9.17) is 0 Å². The van der Waals surface area contributed by atoms with Crippen molar-refractivity contribution in [3.05, 3.63) is 72.2 Å². The topological polar surface area (TPSA) is 37.3 Å². The van der Waals surface area contributed by atoms with E-state index in [1.807, 2.05) is 37.3 Å². The first-order valence-electron chi connectivity index (χ1n) is 6.64. The van der Waals surface area contributed by atoms with Gasteiger partial charge in [0.15, 0.2) is 0 Å². The number of nitrogens with zero attached hydrogens (tertiary/aromatic N) is 2. The Morgan fingerprint density at radius 1 is 1.05 bits per heavy atom. The molecule has 0 fully saturated rings. The fraction of sp³-hybridized carbons (Fsp3) is 0.0588. The molecule has 0 spiro atoms. The molecule has 0 radical (unpaired) electrons. The van der Waals surface area contributed by atoms with Gasteiger partial charge in [-0.1, -0.05) is 30.3 Å². The van der Waals surface area contributed by atoms with E-state index in [9.17, 15) is 4.39 Å². The van der Waals surface area contributed by atoms with Crippen molar-refractivity contribution < 1.29 is 4.39 Å². The molecule has 0 atom stereocenters. The monoisotopic (exact) mass is 315 g/mol. The zero-order valence-electron chi connectivity index (χ0n) is 12.0. The van der Waals surface area contributed by atoms with E-state index in [0.717, 1.165) is 27.9 Å². The minimum Gasteiger partial charge on any atom is -0.276 e. The highest BCUT2D eigenvalue weighted by molar-refractivity contribution is 5.99. The highest BCUT2D eigenvalue weighted by atomic mass is 35.5. The van der Waals surface area contributed by atoms with Crippen LogP contribution in [0.3, 0.4) is 0 Å². The average molecular weight is 316 g/mol. The molecule has 0 saturated heterocycles. The van der Waals surface area contributed by atoms with Gasteiger partial charge in [0.05, 0.1) is 16.9 Å². The second-order valence-corrected chi connectivity index (χ2v) is 4.70.